The lowest BCUT2D eigenvalue weighted by Gasteiger charge is -2.15. The van der Waals surface area contributed by atoms with Gasteiger partial charge in [-0.15, -0.1) is 0 Å². The molecule has 0 radical (unpaired) electrons. The summed E-state index contributed by atoms with van der Waals surface area (Å²) in [5.41, 5.74) is 4.86. The topological polar surface area (TPSA) is 81.1 Å². The number of carbonyl (C=O) groups excluding carboxylic acids is 1. The minimum atomic E-state index is -1.18. The third-order valence-corrected chi connectivity index (χ3v) is 7.47. The van der Waals surface area contributed by atoms with Gasteiger partial charge in [-0.05, 0) is 60.7 Å². The molecule has 0 fully saturated rings. The first-order valence-corrected chi connectivity index (χ1v) is 15.8. The Morgan fingerprint density at radius 1 is 1.06 bits per heavy atom. The van der Waals surface area contributed by atoms with Crippen molar-refractivity contribution in [3.8, 4) is 0 Å². The Balaban J connectivity index is 1.65. The minimum absolute atomic E-state index is 0.137. The van der Waals surface area contributed by atoms with Gasteiger partial charge in [0.2, 0.25) is 0 Å². The van der Waals surface area contributed by atoms with Crippen LogP contribution in [-0.4, -0.2) is 42.4 Å². The Morgan fingerprint density at radius 3 is 2.61 bits per heavy atom. The third kappa shape index (κ3) is 6.47. The van der Waals surface area contributed by atoms with E-state index in [9.17, 15) is 4.79 Å². The fourth-order valence-corrected chi connectivity index (χ4v) is 4.50. The van der Waals surface area contributed by atoms with E-state index in [4.69, 9.17) is 9.84 Å². The van der Waals surface area contributed by atoms with Crippen LogP contribution in [0.15, 0.2) is 66.9 Å². The van der Waals surface area contributed by atoms with Crippen LogP contribution in [0.2, 0.25) is 25.7 Å². The van der Waals surface area contributed by atoms with Crippen LogP contribution in [0.5, 0.6) is 0 Å². The number of carbonyl (C=O) groups is 1. The molecule has 0 saturated heterocycles. The molecule has 2 aromatic carbocycles. The molecule has 2 aromatic heterocycles. The van der Waals surface area contributed by atoms with Crippen molar-refractivity contribution in [3.63, 3.8) is 0 Å². The minimum Gasteiger partial charge on any atom is -0.360 e. The highest BCUT2D eigenvalue weighted by atomic mass is 28.3. The number of anilines is 2. The van der Waals surface area contributed by atoms with Crippen LogP contribution in [0.25, 0.3) is 23.1 Å². The molecule has 1 amide bonds. The Kier molecular flexibility index (Phi) is 7.97. The molecule has 0 aliphatic carbocycles. The van der Waals surface area contributed by atoms with E-state index in [0.29, 0.717) is 18.9 Å². The SMILES string of the molecule is CNC(=O)c1ccccc1Nc1ccc2c(C=Cc3ccccn3)nn(COCC[Si](C)(C)C)c2c1. The maximum Gasteiger partial charge on any atom is 0.253 e. The summed E-state index contributed by atoms with van der Waals surface area (Å²) in [4.78, 5) is 16.7. The van der Waals surface area contributed by atoms with Crippen molar-refractivity contribution in [1.82, 2.24) is 20.1 Å². The van der Waals surface area contributed by atoms with E-state index in [1.165, 1.54) is 0 Å². The molecule has 4 aromatic rings. The Morgan fingerprint density at radius 2 is 1.86 bits per heavy atom. The maximum atomic E-state index is 12.3. The van der Waals surface area contributed by atoms with E-state index in [1.807, 2.05) is 71.4 Å². The highest BCUT2D eigenvalue weighted by Gasteiger charge is 2.14. The van der Waals surface area contributed by atoms with E-state index in [0.717, 1.165) is 39.7 Å². The van der Waals surface area contributed by atoms with E-state index in [-0.39, 0.29) is 5.91 Å². The molecule has 8 heteroatoms. The maximum absolute atomic E-state index is 12.3. The molecule has 0 bridgehead atoms. The fraction of sp³-hybridized carbons (Fsp3) is 0.250. The van der Waals surface area contributed by atoms with Crippen molar-refractivity contribution >= 4 is 48.4 Å². The van der Waals surface area contributed by atoms with Crippen LogP contribution in [0.1, 0.15) is 21.7 Å². The number of benzene rings is 2. The number of nitrogens with one attached hydrogen (secondary N) is 2. The van der Waals surface area contributed by atoms with E-state index in [1.54, 1.807) is 19.3 Å². The summed E-state index contributed by atoms with van der Waals surface area (Å²) in [7, 11) is 0.451. The fourth-order valence-electron chi connectivity index (χ4n) is 3.75. The van der Waals surface area contributed by atoms with Crippen LogP contribution >= 0.6 is 0 Å². The molecule has 0 saturated carbocycles. The predicted octanol–water partition coefficient (Wildman–Crippen LogP) is 6.02. The summed E-state index contributed by atoms with van der Waals surface area (Å²) in [5, 5.41) is 11.9. The number of nitrogens with zero attached hydrogens (tertiary/aromatic N) is 3. The molecule has 2 N–H and O–H groups in total. The lowest BCUT2D eigenvalue weighted by molar-refractivity contribution is 0.0816. The summed E-state index contributed by atoms with van der Waals surface area (Å²) >= 11 is 0. The summed E-state index contributed by atoms with van der Waals surface area (Å²) in [5.74, 6) is -0.137. The van der Waals surface area contributed by atoms with Crippen LogP contribution < -0.4 is 10.6 Å². The first-order valence-electron chi connectivity index (χ1n) is 12.1. The van der Waals surface area contributed by atoms with Gasteiger partial charge >= 0.3 is 0 Å². The second-order valence-corrected chi connectivity index (χ2v) is 15.4. The van der Waals surface area contributed by atoms with Crippen LogP contribution in [-0.2, 0) is 11.5 Å². The molecule has 0 spiro atoms. The lowest BCUT2D eigenvalue weighted by atomic mass is 10.1. The van der Waals surface area contributed by atoms with Crippen LogP contribution in [0.4, 0.5) is 11.4 Å². The van der Waals surface area contributed by atoms with Gasteiger partial charge in [0.15, 0.2) is 0 Å². The Bertz CT molecular complexity index is 1360. The van der Waals surface area contributed by atoms with Gasteiger partial charge < -0.3 is 15.4 Å². The zero-order valence-corrected chi connectivity index (χ0v) is 22.3. The average molecular weight is 500 g/mol. The Labute approximate surface area is 213 Å². The second-order valence-electron chi connectivity index (χ2n) is 9.80. The van der Waals surface area contributed by atoms with Crippen molar-refractivity contribution in [3.05, 3.63) is 83.8 Å². The van der Waals surface area contributed by atoms with Gasteiger partial charge in [-0.1, -0.05) is 37.8 Å². The average Bonchev–Trinajstić information content (AvgIpc) is 3.22. The van der Waals surface area contributed by atoms with Crippen LogP contribution in [0.3, 0.4) is 0 Å². The smallest absolute Gasteiger partial charge is 0.253 e. The quantitative estimate of drug-likeness (QED) is 0.206. The molecule has 4 rings (SSSR count). The number of rotatable bonds is 10. The number of hydrogen-bond donors (Lipinski definition) is 2. The highest BCUT2D eigenvalue weighted by molar-refractivity contribution is 6.76. The number of aromatic nitrogens is 3. The van der Waals surface area contributed by atoms with Gasteiger partial charge in [0.05, 0.1) is 28.2 Å². The van der Waals surface area contributed by atoms with Gasteiger partial charge in [0, 0.05) is 39.0 Å². The molecular formula is C28H33N5O2Si. The summed E-state index contributed by atoms with van der Waals surface area (Å²) in [6.07, 6.45) is 5.72. The van der Waals surface area contributed by atoms with Gasteiger partial charge in [-0.3, -0.25) is 9.78 Å². The highest BCUT2D eigenvalue weighted by Crippen LogP contribution is 2.27. The number of amides is 1. The van der Waals surface area contributed by atoms with Gasteiger partial charge in [0.1, 0.15) is 6.73 Å². The van der Waals surface area contributed by atoms with Crippen molar-refractivity contribution in [2.45, 2.75) is 32.4 Å². The monoisotopic (exact) mass is 499 g/mol. The van der Waals surface area contributed by atoms with Crippen LogP contribution in [0, 0.1) is 0 Å². The zero-order chi connectivity index (χ0) is 25.5. The number of para-hydroxylation sites is 1. The molecule has 0 atom stereocenters. The molecule has 0 unspecified atom stereocenters. The lowest BCUT2D eigenvalue weighted by Crippen LogP contribution is -2.22. The summed E-state index contributed by atoms with van der Waals surface area (Å²) < 4.78 is 7.92. The normalized spacial score (nSPS) is 11.8. The van der Waals surface area contributed by atoms with Crippen molar-refractivity contribution in [2.75, 3.05) is 19.0 Å². The summed E-state index contributed by atoms with van der Waals surface area (Å²) in [6, 6.07) is 20.5. The first-order chi connectivity index (χ1) is 17.3. The number of ether oxygens (including phenoxy) is 1. The second kappa shape index (κ2) is 11.3. The van der Waals surface area contributed by atoms with Gasteiger partial charge in [-0.2, -0.15) is 5.10 Å². The molecule has 186 valence electrons. The number of pyridine rings is 1. The van der Waals surface area contributed by atoms with Crippen molar-refractivity contribution in [2.24, 2.45) is 0 Å². The van der Waals surface area contributed by atoms with Crippen molar-refractivity contribution in [1.29, 1.82) is 0 Å². The van der Waals surface area contributed by atoms with E-state index >= 15 is 0 Å². The molecule has 7 nitrogen and oxygen atoms in total. The first kappa shape index (κ1) is 25.3. The van der Waals surface area contributed by atoms with Gasteiger partial charge in [0.25, 0.3) is 5.91 Å². The molecule has 2 heterocycles. The van der Waals surface area contributed by atoms with Crippen molar-refractivity contribution < 1.29 is 9.53 Å². The predicted molar refractivity (Wildman–Crippen MR) is 150 cm³/mol. The van der Waals surface area contributed by atoms with E-state index in [2.05, 4.69) is 35.3 Å². The molecular weight excluding hydrogens is 466 g/mol. The summed E-state index contributed by atoms with van der Waals surface area (Å²) in [6.45, 7) is 8.11. The standard InChI is InChI=1S/C28H33N5O2Si/c1-29-28(34)24-10-5-6-11-25(24)31-22-12-14-23-26(15-13-21-9-7-8-16-30-21)32-33(27(23)19-22)20-35-17-18-36(2,3)4/h5-16,19,31H,17-18,20H2,1-4H3,(H,29,34). The largest absolute Gasteiger partial charge is 0.360 e. The zero-order valence-electron chi connectivity index (χ0n) is 21.3. The van der Waals surface area contributed by atoms with E-state index < -0.39 is 8.07 Å². The third-order valence-electron chi connectivity index (χ3n) is 5.77. The number of fused-ring (bicyclic) bond motifs is 1. The van der Waals surface area contributed by atoms with Gasteiger partial charge in [-0.25, -0.2) is 4.68 Å². The molecule has 36 heavy (non-hydrogen) atoms. The number of hydrogen-bond acceptors (Lipinski definition) is 5. The molecule has 0 aliphatic rings. The Hall–Kier alpha value is -3.75. The molecule has 0 aliphatic heterocycles.